The van der Waals surface area contributed by atoms with Crippen LogP contribution in [0.3, 0.4) is 0 Å². The molecular formula is C21H22F2N4O4. The molecule has 8 nitrogen and oxygen atoms in total. The molecule has 1 aromatic carbocycles. The number of carbonyl (C=O) groups excluding carboxylic acids is 2. The normalized spacial score (nSPS) is 20.9. The van der Waals surface area contributed by atoms with Gasteiger partial charge in [0.2, 0.25) is 5.43 Å². The van der Waals surface area contributed by atoms with Gasteiger partial charge in [0.15, 0.2) is 11.4 Å². The van der Waals surface area contributed by atoms with E-state index in [-0.39, 0.29) is 42.1 Å². The number of rotatable bonds is 3. The van der Waals surface area contributed by atoms with Gasteiger partial charge in [0.25, 0.3) is 11.8 Å². The van der Waals surface area contributed by atoms with E-state index in [9.17, 15) is 28.3 Å². The van der Waals surface area contributed by atoms with Crippen LogP contribution in [-0.4, -0.2) is 57.1 Å². The highest BCUT2D eigenvalue weighted by Crippen LogP contribution is 2.30. The van der Waals surface area contributed by atoms with Crippen LogP contribution in [0.2, 0.25) is 0 Å². The summed E-state index contributed by atoms with van der Waals surface area (Å²) in [4.78, 5) is 41.9. The third-order valence-corrected chi connectivity index (χ3v) is 5.96. The number of nitrogens with one attached hydrogen (secondary N) is 1. The zero-order valence-corrected chi connectivity index (χ0v) is 17.1. The summed E-state index contributed by atoms with van der Waals surface area (Å²) in [5, 5.41) is 12.9. The molecule has 10 heteroatoms. The van der Waals surface area contributed by atoms with E-state index >= 15 is 0 Å². The standard InChI is InChI=1S/C21H22F2N4O4/c1-11-5-6-25(2)16-10-26-9-14(18(28)19(29)17(26)21(31)27(11)16)20(30)24-8-12-3-4-13(22)7-15(12)23/h3-4,7,9,11,16,29H,5-6,8,10H2,1-2H3,(H,24,30)/t11-,16?/m0/s1. The Balaban J connectivity index is 1.64. The Labute approximate surface area is 176 Å². The molecule has 2 atom stereocenters. The number of halogens is 2. The number of carbonyl (C=O) groups is 2. The molecule has 2 amide bonds. The lowest BCUT2D eigenvalue weighted by Crippen LogP contribution is -2.62. The third-order valence-electron chi connectivity index (χ3n) is 5.96. The zero-order chi connectivity index (χ0) is 22.4. The Morgan fingerprint density at radius 3 is 2.74 bits per heavy atom. The van der Waals surface area contributed by atoms with Gasteiger partial charge >= 0.3 is 0 Å². The second-order valence-electron chi connectivity index (χ2n) is 7.95. The van der Waals surface area contributed by atoms with Crippen molar-refractivity contribution in [2.24, 2.45) is 0 Å². The number of pyridine rings is 1. The van der Waals surface area contributed by atoms with E-state index in [4.69, 9.17) is 0 Å². The summed E-state index contributed by atoms with van der Waals surface area (Å²) in [6.07, 6.45) is 1.75. The fourth-order valence-electron chi connectivity index (χ4n) is 4.16. The fraction of sp³-hybridized carbons (Fsp3) is 0.381. The zero-order valence-electron chi connectivity index (χ0n) is 17.1. The first-order valence-corrected chi connectivity index (χ1v) is 9.90. The van der Waals surface area contributed by atoms with Gasteiger partial charge in [-0.15, -0.1) is 0 Å². The van der Waals surface area contributed by atoms with Crippen LogP contribution in [0.4, 0.5) is 8.78 Å². The van der Waals surface area contributed by atoms with Gasteiger partial charge in [-0.05, 0) is 26.5 Å². The van der Waals surface area contributed by atoms with E-state index in [2.05, 4.69) is 5.32 Å². The lowest BCUT2D eigenvalue weighted by molar-refractivity contribution is -0.0209. The second-order valence-corrected chi connectivity index (χ2v) is 7.95. The fourth-order valence-corrected chi connectivity index (χ4v) is 4.16. The number of aromatic hydroxyl groups is 1. The second kappa shape index (κ2) is 7.77. The summed E-state index contributed by atoms with van der Waals surface area (Å²) >= 11 is 0. The van der Waals surface area contributed by atoms with E-state index in [1.54, 1.807) is 4.90 Å². The van der Waals surface area contributed by atoms with Gasteiger partial charge in [0.05, 0.1) is 6.54 Å². The average molecular weight is 432 g/mol. The minimum absolute atomic E-state index is 0.0423. The lowest BCUT2D eigenvalue weighted by atomic mass is 10.0. The SMILES string of the molecule is C[C@H]1CCN(C)C2Cn3cc(C(=O)NCc4ccc(F)cc4F)c(=O)c(O)c3C(=O)N21. The smallest absolute Gasteiger partial charge is 0.276 e. The molecule has 0 radical (unpaired) electrons. The molecule has 164 valence electrons. The van der Waals surface area contributed by atoms with Gasteiger partial charge in [0, 0.05) is 37.0 Å². The monoisotopic (exact) mass is 432 g/mol. The molecule has 2 aliphatic rings. The van der Waals surface area contributed by atoms with Crippen LogP contribution in [0.5, 0.6) is 5.75 Å². The Morgan fingerprint density at radius 1 is 1.29 bits per heavy atom. The highest BCUT2D eigenvalue weighted by Gasteiger charge is 2.42. The first kappa shape index (κ1) is 21.0. The Bertz CT molecular complexity index is 1130. The van der Waals surface area contributed by atoms with Crippen molar-refractivity contribution in [1.29, 1.82) is 0 Å². The summed E-state index contributed by atoms with van der Waals surface area (Å²) in [6.45, 7) is 2.71. The maximum atomic E-state index is 13.8. The van der Waals surface area contributed by atoms with Crippen molar-refractivity contribution in [3.05, 3.63) is 63.1 Å². The number of benzene rings is 1. The van der Waals surface area contributed by atoms with Crippen LogP contribution >= 0.6 is 0 Å². The average Bonchev–Trinajstić information content (AvgIpc) is 2.72. The molecule has 1 fully saturated rings. The Kier molecular flexibility index (Phi) is 5.26. The quantitative estimate of drug-likeness (QED) is 0.762. The highest BCUT2D eigenvalue weighted by molar-refractivity contribution is 5.99. The molecule has 2 aromatic rings. The maximum absolute atomic E-state index is 13.8. The van der Waals surface area contributed by atoms with Crippen LogP contribution < -0.4 is 10.7 Å². The van der Waals surface area contributed by atoms with Gasteiger partial charge in [-0.2, -0.15) is 0 Å². The Morgan fingerprint density at radius 2 is 2.03 bits per heavy atom. The van der Waals surface area contributed by atoms with Crippen LogP contribution in [0.25, 0.3) is 0 Å². The molecule has 1 aromatic heterocycles. The molecule has 0 saturated carbocycles. The first-order chi connectivity index (χ1) is 14.7. The number of hydrogen-bond donors (Lipinski definition) is 2. The molecule has 31 heavy (non-hydrogen) atoms. The van der Waals surface area contributed by atoms with Crippen LogP contribution in [0, 0.1) is 11.6 Å². The van der Waals surface area contributed by atoms with Crippen molar-refractivity contribution in [3.63, 3.8) is 0 Å². The topological polar surface area (TPSA) is 94.9 Å². The molecule has 0 aliphatic carbocycles. The molecule has 1 unspecified atom stereocenters. The number of aromatic nitrogens is 1. The Hall–Kier alpha value is -3.27. The summed E-state index contributed by atoms with van der Waals surface area (Å²) < 4.78 is 28.3. The van der Waals surface area contributed by atoms with Crippen LogP contribution in [-0.2, 0) is 13.1 Å². The number of likely N-dealkylation sites (N-methyl/N-ethyl adjacent to an activating group) is 1. The van der Waals surface area contributed by atoms with E-state index in [1.807, 2.05) is 18.9 Å². The highest BCUT2D eigenvalue weighted by atomic mass is 19.1. The van der Waals surface area contributed by atoms with Gasteiger partial charge in [-0.3, -0.25) is 19.3 Å². The lowest BCUT2D eigenvalue weighted by Gasteiger charge is -2.49. The van der Waals surface area contributed by atoms with E-state index in [0.717, 1.165) is 19.0 Å². The predicted molar refractivity (Wildman–Crippen MR) is 107 cm³/mol. The molecule has 0 spiro atoms. The van der Waals surface area contributed by atoms with Crippen molar-refractivity contribution < 1.29 is 23.5 Å². The maximum Gasteiger partial charge on any atom is 0.276 e. The first-order valence-electron chi connectivity index (χ1n) is 9.90. The van der Waals surface area contributed by atoms with Gasteiger partial charge < -0.3 is 19.9 Å². The summed E-state index contributed by atoms with van der Waals surface area (Å²) in [6, 6.07) is 2.89. The van der Waals surface area contributed by atoms with Crippen LogP contribution in [0.1, 0.15) is 39.8 Å². The predicted octanol–water partition coefficient (Wildman–Crippen LogP) is 1.27. The number of amides is 2. The summed E-state index contributed by atoms with van der Waals surface area (Å²) in [5.74, 6) is -3.66. The third kappa shape index (κ3) is 3.56. The molecule has 3 heterocycles. The number of hydrogen-bond acceptors (Lipinski definition) is 5. The number of fused-ring (bicyclic) bond motifs is 2. The molecule has 2 aliphatic heterocycles. The van der Waals surface area contributed by atoms with Gasteiger partial charge in [-0.1, -0.05) is 6.07 Å². The van der Waals surface area contributed by atoms with Crippen molar-refractivity contribution in [3.8, 4) is 5.75 Å². The van der Waals surface area contributed by atoms with E-state index in [1.165, 1.54) is 16.8 Å². The van der Waals surface area contributed by atoms with Crippen molar-refractivity contribution in [2.75, 3.05) is 13.6 Å². The molecule has 1 saturated heterocycles. The molecular weight excluding hydrogens is 410 g/mol. The molecule has 0 bridgehead atoms. The minimum atomic E-state index is -0.979. The van der Waals surface area contributed by atoms with Gasteiger partial charge in [-0.25, -0.2) is 8.78 Å². The number of nitrogens with zero attached hydrogens (tertiary/aromatic N) is 3. The van der Waals surface area contributed by atoms with E-state index < -0.39 is 34.6 Å². The molecule has 2 N–H and O–H groups in total. The largest absolute Gasteiger partial charge is 0.503 e. The van der Waals surface area contributed by atoms with Crippen molar-refractivity contribution in [2.45, 2.75) is 38.6 Å². The minimum Gasteiger partial charge on any atom is -0.503 e. The van der Waals surface area contributed by atoms with Crippen molar-refractivity contribution in [1.82, 2.24) is 19.7 Å². The summed E-state index contributed by atoms with van der Waals surface area (Å²) in [5.41, 5.74) is -1.45. The van der Waals surface area contributed by atoms with Crippen molar-refractivity contribution >= 4 is 11.8 Å². The van der Waals surface area contributed by atoms with Gasteiger partial charge in [0.1, 0.15) is 23.4 Å². The summed E-state index contributed by atoms with van der Waals surface area (Å²) in [7, 11) is 1.88. The van der Waals surface area contributed by atoms with E-state index in [0.29, 0.717) is 6.07 Å². The molecule has 4 rings (SSSR count). The van der Waals surface area contributed by atoms with Crippen LogP contribution in [0.15, 0.2) is 29.2 Å².